The number of carbonyl (C=O) groups is 2. The zero-order chi connectivity index (χ0) is 12.6. The van der Waals surface area contributed by atoms with E-state index in [1.165, 1.54) is 31.2 Å². The molecule has 1 aromatic heterocycles. The molecular formula is C12H8FNO3. The average Bonchev–Trinajstić information content (AvgIpc) is 2.26. The van der Waals surface area contributed by atoms with Crippen LogP contribution in [0.2, 0.25) is 0 Å². The minimum Gasteiger partial charge on any atom is -0.476 e. The highest BCUT2D eigenvalue weighted by Crippen LogP contribution is 2.18. The average molecular weight is 233 g/mol. The third-order valence-corrected chi connectivity index (χ3v) is 2.36. The number of aromatic carboxylic acids is 1. The molecule has 0 aliphatic rings. The van der Waals surface area contributed by atoms with Crippen molar-refractivity contribution in [1.29, 1.82) is 0 Å². The van der Waals surface area contributed by atoms with Gasteiger partial charge >= 0.3 is 5.97 Å². The summed E-state index contributed by atoms with van der Waals surface area (Å²) in [6, 6.07) is 5.12. The van der Waals surface area contributed by atoms with Gasteiger partial charge in [-0.3, -0.25) is 4.79 Å². The van der Waals surface area contributed by atoms with E-state index in [1.807, 2.05) is 0 Å². The molecule has 0 spiro atoms. The highest BCUT2D eigenvalue weighted by Gasteiger charge is 2.16. The number of hydrogen-bond acceptors (Lipinski definition) is 3. The van der Waals surface area contributed by atoms with Crippen LogP contribution in [0, 0.1) is 5.82 Å². The van der Waals surface area contributed by atoms with Gasteiger partial charge in [0.05, 0.1) is 11.1 Å². The summed E-state index contributed by atoms with van der Waals surface area (Å²) in [5, 5.41) is 9.34. The Morgan fingerprint density at radius 3 is 2.59 bits per heavy atom. The van der Waals surface area contributed by atoms with E-state index in [-0.39, 0.29) is 11.3 Å². The monoisotopic (exact) mass is 233 g/mol. The molecule has 2 rings (SSSR count). The van der Waals surface area contributed by atoms with Gasteiger partial charge in [0.15, 0.2) is 11.5 Å². The van der Waals surface area contributed by atoms with E-state index in [4.69, 9.17) is 5.11 Å². The van der Waals surface area contributed by atoms with Gasteiger partial charge in [-0.25, -0.2) is 14.2 Å². The molecule has 1 aromatic carbocycles. The third-order valence-electron chi connectivity index (χ3n) is 2.36. The van der Waals surface area contributed by atoms with E-state index in [1.54, 1.807) is 0 Å². The highest BCUT2D eigenvalue weighted by molar-refractivity contribution is 6.06. The van der Waals surface area contributed by atoms with E-state index in [0.717, 1.165) is 0 Å². The van der Waals surface area contributed by atoms with Gasteiger partial charge in [0.2, 0.25) is 0 Å². The minimum atomic E-state index is -1.28. The lowest BCUT2D eigenvalue weighted by atomic mass is 10.1. The van der Waals surface area contributed by atoms with Crippen LogP contribution in [0.1, 0.15) is 27.8 Å². The molecule has 5 heteroatoms. The van der Waals surface area contributed by atoms with Gasteiger partial charge < -0.3 is 5.11 Å². The standard InChI is InChI=1S/C12H8FNO3/c1-6(15)9-5-7-4-8(13)2-3-10(7)14-11(9)12(16)17/h2-5H,1H3,(H,16,17). The van der Waals surface area contributed by atoms with Crippen molar-refractivity contribution >= 4 is 22.7 Å². The molecule has 0 unspecified atom stereocenters. The maximum absolute atomic E-state index is 13.0. The van der Waals surface area contributed by atoms with E-state index in [9.17, 15) is 14.0 Å². The molecule has 0 saturated carbocycles. The summed E-state index contributed by atoms with van der Waals surface area (Å²) in [6.07, 6.45) is 0. The molecule has 0 atom stereocenters. The first-order valence-corrected chi connectivity index (χ1v) is 4.83. The molecule has 17 heavy (non-hydrogen) atoms. The number of carboxylic acid groups (broad SMARTS) is 1. The van der Waals surface area contributed by atoms with Crippen molar-refractivity contribution in [3.05, 3.63) is 41.3 Å². The Hall–Kier alpha value is -2.30. The van der Waals surface area contributed by atoms with Crippen molar-refractivity contribution in [3.63, 3.8) is 0 Å². The molecule has 0 aliphatic carbocycles. The van der Waals surface area contributed by atoms with Gasteiger partial charge in [-0.15, -0.1) is 0 Å². The quantitative estimate of drug-likeness (QED) is 0.808. The number of ketones is 1. The van der Waals surface area contributed by atoms with Crippen LogP contribution in [0.5, 0.6) is 0 Å². The number of hydrogen-bond donors (Lipinski definition) is 1. The van der Waals surface area contributed by atoms with Crippen molar-refractivity contribution in [2.45, 2.75) is 6.92 Å². The smallest absolute Gasteiger partial charge is 0.355 e. The Labute approximate surface area is 95.7 Å². The van der Waals surface area contributed by atoms with Gasteiger partial charge in [-0.05, 0) is 31.2 Å². The van der Waals surface area contributed by atoms with Crippen LogP contribution in [0.4, 0.5) is 4.39 Å². The van der Waals surface area contributed by atoms with Gasteiger partial charge in [-0.2, -0.15) is 0 Å². The summed E-state index contributed by atoms with van der Waals surface area (Å²) in [7, 11) is 0. The summed E-state index contributed by atoms with van der Waals surface area (Å²) < 4.78 is 13.0. The molecule has 0 radical (unpaired) electrons. The van der Waals surface area contributed by atoms with Crippen LogP contribution in [-0.4, -0.2) is 21.8 Å². The van der Waals surface area contributed by atoms with Crippen molar-refractivity contribution in [3.8, 4) is 0 Å². The Morgan fingerprint density at radius 2 is 2.00 bits per heavy atom. The second kappa shape index (κ2) is 3.93. The van der Waals surface area contributed by atoms with E-state index in [0.29, 0.717) is 10.9 Å². The molecule has 1 N–H and O–H groups in total. The number of fused-ring (bicyclic) bond motifs is 1. The van der Waals surface area contributed by atoms with Crippen molar-refractivity contribution < 1.29 is 19.1 Å². The Morgan fingerprint density at radius 1 is 1.29 bits per heavy atom. The van der Waals surface area contributed by atoms with Crippen LogP contribution in [-0.2, 0) is 0 Å². The fourth-order valence-electron chi connectivity index (χ4n) is 1.58. The molecule has 0 saturated heterocycles. The number of Topliss-reactive ketones (excluding diaryl/α,β-unsaturated/α-hetero) is 1. The number of halogens is 1. The maximum Gasteiger partial charge on any atom is 0.355 e. The lowest BCUT2D eigenvalue weighted by Crippen LogP contribution is -2.09. The first kappa shape index (κ1) is 11.2. The lowest BCUT2D eigenvalue weighted by molar-refractivity contribution is 0.0686. The summed E-state index contributed by atoms with van der Waals surface area (Å²) >= 11 is 0. The van der Waals surface area contributed by atoms with Gasteiger partial charge in [0, 0.05) is 5.39 Å². The van der Waals surface area contributed by atoms with Crippen LogP contribution >= 0.6 is 0 Å². The predicted molar refractivity (Wildman–Crippen MR) is 58.7 cm³/mol. The number of aromatic nitrogens is 1. The predicted octanol–water partition coefficient (Wildman–Crippen LogP) is 2.27. The maximum atomic E-state index is 13.0. The molecule has 0 bridgehead atoms. The van der Waals surface area contributed by atoms with Crippen LogP contribution in [0.3, 0.4) is 0 Å². The SMILES string of the molecule is CC(=O)c1cc2cc(F)ccc2nc1C(=O)O. The summed E-state index contributed by atoms with van der Waals surface area (Å²) in [5.74, 6) is -2.15. The molecule has 0 amide bonds. The minimum absolute atomic E-state index is 0.0180. The number of rotatable bonds is 2. The number of benzene rings is 1. The Kier molecular flexibility index (Phi) is 2.59. The third kappa shape index (κ3) is 1.99. The second-order valence-corrected chi connectivity index (χ2v) is 3.58. The van der Waals surface area contributed by atoms with E-state index >= 15 is 0 Å². The van der Waals surface area contributed by atoms with Crippen LogP contribution in [0.15, 0.2) is 24.3 Å². The Bertz CT molecular complexity index is 637. The van der Waals surface area contributed by atoms with Crippen molar-refractivity contribution in [2.24, 2.45) is 0 Å². The fourth-order valence-corrected chi connectivity index (χ4v) is 1.58. The normalized spacial score (nSPS) is 10.5. The number of carbonyl (C=O) groups excluding carboxylic acids is 1. The summed E-state index contributed by atoms with van der Waals surface area (Å²) in [5.41, 5.74) is 0.0148. The van der Waals surface area contributed by atoms with Crippen molar-refractivity contribution in [1.82, 2.24) is 4.98 Å². The zero-order valence-corrected chi connectivity index (χ0v) is 8.90. The lowest BCUT2D eigenvalue weighted by Gasteiger charge is -2.04. The first-order valence-electron chi connectivity index (χ1n) is 4.83. The largest absolute Gasteiger partial charge is 0.476 e. The highest BCUT2D eigenvalue weighted by atomic mass is 19.1. The number of carboxylic acids is 1. The Balaban J connectivity index is 2.81. The molecule has 4 nitrogen and oxygen atoms in total. The van der Waals surface area contributed by atoms with Crippen LogP contribution in [0.25, 0.3) is 10.9 Å². The molecule has 86 valence electrons. The molecular weight excluding hydrogens is 225 g/mol. The van der Waals surface area contributed by atoms with E-state index < -0.39 is 17.6 Å². The van der Waals surface area contributed by atoms with Crippen LogP contribution < -0.4 is 0 Å². The van der Waals surface area contributed by atoms with Crippen molar-refractivity contribution in [2.75, 3.05) is 0 Å². The van der Waals surface area contributed by atoms with Gasteiger partial charge in [0.25, 0.3) is 0 Å². The summed E-state index contributed by atoms with van der Waals surface area (Å²) in [4.78, 5) is 26.1. The number of pyridine rings is 1. The van der Waals surface area contributed by atoms with Gasteiger partial charge in [-0.1, -0.05) is 0 Å². The molecule has 0 fully saturated rings. The first-order chi connectivity index (χ1) is 7.99. The second-order valence-electron chi connectivity index (χ2n) is 3.58. The molecule has 0 aliphatic heterocycles. The summed E-state index contributed by atoms with van der Waals surface area (Å²) in [6.45, 7) is 1.24. The fraction of sp³-hybridized carbons (Fsp3) is 0.0833. The van der Waals surface area contributed by atoms with E-state index in [2.05, 4.69) is 4.98 Å². The zero-order valence-electron chi connectivity index (χ0n) is 8.90. The molecule has 2 aromatic rings. The van der Waals surface area contributed by atoms with Gasteiger partial charge in [0.1, 0.15) is 5.82 Å². The molecule has 1 heterocycles. The number of nitrogens with zero attached hydrogens (tertiary/aromatic N) is 1. The topological polar surface area (TPSA) is 67.3 Å².